The van der Waals surface area contributed by atoms with Crippen LogP contribution in [0.5, 0.6) is 0 Å². The summed E-state index contributed by atoms with van der Waals surface area (Å²) in [5.74, 6) is 0.0755. The molecule has 1 atom stereocenters. The smallest absolute Gasteiger partial charge is 0.226 e. The van der Waals surface area contributed by atoms with Gasteiger partial charge in [0, 0.05) is 43.9 Å². The van der Waals surface area contributed by atoms with Crippen LogP contribution in [0.4, 0.5) is 0 Å². The number of likely N-dealkylation sites (N-methyl/N-ethyl adjacent to an activating group) is 1. The molecule has 1 aliphatic rings. The van der Waals surface area contributed by atoms with Crippen molar-refractivity contribution in [1.29, 1.82) is 0 Å². The molecule has 28 heavy (non-hydrogen) atoms. The minimum absolute atomic E-state index is 0.0755. The summed E-state index contributed by atoms with van der Waals surface area (Å²) in [6.07, 6.45) is 0.383. The number of hydrogen-bond donors (Lipinski definition) is 2. The molecule has 2 aromatic carbocycles. The first-order valence-electron chi connectivity index (χ1n) is 9.96. The van der Waals surface area contributed by atoms with Gasteiger partial charge in [0.15, 0.2) is 0 Å². The quantitative estimate of drug-likeness (QED) is 0.720. The molecule has 1 unspecified atom stereocenters. The van der Waals surface area contributed by atoms with E-state index in [9.17, 15) is 4.79 Å². The number of carbonyl (C=O) groups is 1. The summed E-state index contributed by atoms with van der Waals surface area (Å²) in [4.78, 5) is 20.8. The molecule has 4 rings (SSSR count). The van der Waals surface area contributed by atoms with Crippen molar-refractivity contribution in [2.24, 2.45) is 0 Å². The second-order valence-electron chi connectivity index (χ2n) is 7.81. The van der Waals surface area contributed by atoms with Gasteiger partial charge in [0.2, 0.25) is 5.91 Å². The van der Waals surface area contributed by atoms with Gasteiger partial charge in [0.05, 0.1) is 12.5 Å². The maximum atomic E-state index is 12.7. The second kappa shape index (κ2) is 8.59. The van der Waals surface area contributed by atoms with Crippen molar-refractivity contribution in [3.05, 3.63) is 71.9 Å². The van der Waals surface area contributed by atoms with Crippen LogP contribution < -0.4 is 5.32 Å². The number of hydrogen-bond acceptors (Lipinski definition) is 3. The van der Waals surface area contributed by atoms with Gasteiger partial charge in [-0.05, 0) is 30.1 Å². The van der Waals surface area contributed by atoms with Crippen LogP contribution in [0, 0.1) is 0 Å². The molecule has 3 aromatic rings. The predicted molar refractivity (Wildman–Crippen MR) is 113 cm³/mol. The highest BCUT2D eigenvalue weighted by Gasteiger charge is 2.22. The van der Waals surface area contributed by atoms with Gasteiger partial charge in [-0.15, -0.1) is 0 Å². The third-order valence-electron chi connectivity index (χ3n) is 5.36. The number of amides is 1. The first kappa shape index (κ1) is 18.7. The second-order valence-corrected chi connectivity index (χ2v) is 7.81. The monoisotopic (exact) mass is 376 g/mol. The number of para-hydroxylation sites is 1. The number of H-pyrrole nitrogens is 1. The summed E-state index contributed by atoms with van der Waals surface area (Å²) in [6.45, 7) is 4.70. The van der Waals surface area contributed by atoms with Crippen molar-refractivity contribution in [3.63, 3.8) is 0 Å². The predicted octanol–water partition coefficient (Wildman–Crippen LogP) is 2.64. The summed E-state index contributed by atoms with van der Waals surface area (Å²) in [5.41, 5.74) is 3.35. The van der Waals surface area contributed by atoms with Crippen LogP contribution >= 0.6 is 0 Å². The maximum Gasteiger partial charge on any atom is 0.226 e. The number of aromatic amines is 1. The maximum absolute atomic E-state index is 12.7. The number of rotatable bonds is 5. The molecule has 1 fully saturated rings. The minimum Gasteiger partial charge on any atom is -0.358 e. The van der Waals surface area contributed by atoms with Crippen molar-refractivity contribution >= 4 is 16.8 Å². The molecule has 0 bridgehead atoms. The number of fused-ring (bicyclic) bond motifs is 1. The van der Waals surface area contributed by atoms with Gasteiger partial charge >= 0.3 is 0 Å². The van der Waals surface area contributed by atoms with Gasteiger partial charge in [-0.3, -0.25) is 9.69 Å². The van der Waals surface area contributed by atoms with Crippen LogP contribution in [0.1, 0.15) is 11.3 Å². The fourth-order valence-corrected chi connectivity index (χ4v) is 4.00. The summed E-state index contributed by atoms with van der Waals surface area (Å²) in [7, 11) is 2.13. The average molecular weight is 377 g/mol. The topological polar surface area (TPSA) is 51.4 Å². The molecular formula is C23H28N4O. The summed E-state index contributed by atoms with van der Waals surface area (Å²) < 4.78 is 0. The van der Waals surface area contributed by atoms with E-state index < -0.39 is 0 Å². The third kappa shape index (κ3) is 4.80. The Morgan fingerprint density at radius 1 is 1.07 bits per heavy atom. The molecule has 146 valence electrons. The molecule has 1 amide bonds. The van der Waals surface area contributed by atoms with E-state index >= 15 is 0 Å². The Morgan fingerprint density at radius 3 is 2.68 bits per heavy atom. The molecule has 1 aliphatic heterocycles. The van der Waals surface area contributed by atoms with E-state index in [1.807, 2.05) is 24.3 Å². The minimum atomic E-state index is 0.0755. The Balaban J connectivity index is 1.37. The Labute approximate surface area is 166 Å². The number of carbonyl (C=O) groups excluding carboxylic acids is 1. The molecule has 0 saturated carbocycles. The SMILES string of the molecule is CN1CCN(Cc2ccccc2)CC(NC(=O)Cc2cc3ccccc3[nH]2)C1. The first-order valence-corrected chi connectivity index (χ1v) is 9.96. The Bertz CT molecular complexity index is 888. The molecule has 1 aromatic heterocycles. The van der Waals surface area contributed by atoms with Crippen LogP contribution in [0.2, 0.25) is 0 Å². The highest BCUT2D eigenvalue weighted by molar-refractivity contribution is 5.84. The zero-order chi connectivity index (χ0) is 19.3. The van der Waals surface area contributed by atoms with E-state index in [2.05, 4.69) is 63.5 Å². The van der Waals surface area contributed by atoms with Gasteiger partial charge in [0.1, 0.15) is 0 Å². The lowest BCUT2D eigenvalue weighted by Crippen LogP contribution is -2.46. The fourth-order valence-electron chi connectivity index (χ4n) is 4.00. The summed E-state index contributed by atoms with van der Waals surface area (Å²) >= 11 is 0. The van der Waals surface area contributed by atoms with Crippen LogP contribution in [-0.2, 0) is 17.8 Å². The van der Waals surface area contributed by atoms with Crippen LogP contribution in [0.15, 0.2) is 60.7 Å². The lowest BCUT2D eigenvalue weighted by molar-refractivity contribution is -0.121. The summed E-state index contributed by atoms with van der Waals surface area (Å²) in [6, 6.07) is 20.9. The van der Waals surface area contributed by atoms with Crippen LogP contribution in [0.3, 0.4) is 0 Å². The van der Waals surface area contributed by atoms with E-state index in [1.165, 1.54) is 5.56 Å². The molecular weight excluding hydrogens is 348 g/mol. The lowest BCUT2D eigenvalue weighted by atomic mass is 10.2. The van der Waals surface area contributed by atoms with Gasteiger partial charge in [-0.1, -0.05) is 48.5 Å². The van der Waals surface area contributed by atoms with Gasteiger partial charge < -0.3 is 15.2 Å². The molecule has 1 saturated heterocycles. The van der Waals surface area contributed by atoms with Gasteiger partial charge in [0.25, 0.3) is 0 Å². The van der Waals surface area contributed by atoms with Gasteiger partial charge in [-0.2, -0.15) is 0 Å². The van der Waals surface area contributed by atoms with Crippen LogP contribution in [-0.4, -0.2) is 60.0 Å². The summed E-state index contributed by atoms with van der Waals surface area (Å²) in [5, 5.41) is 4.40. The third-order valence-corrected chi connectivity index (χ3v) is 5.36. The Hall–Kier alpha value is -2.63. The first-order chi connectivity index (χ1) is 13.7. The van der Waals surface area contributed by atoms with Crippen molar-refractivity contribution in [1.82, 2.24) is 20.1 Å². The largest absolute Gasteiger partial charge is 0.358 e. The fraction of sp³-hybridized carbons (Fsp3) is 0.348. The van der Waals surface area contributed by atoms with E-state index in [0.29, 0.717) is 6.42 Å². The number of nitrogens with zero attached hydrogens (tertiary/aromatic N) is 2. The lowest BCUT2D eigenvalue weighted by Gasteiger charge is -2.24. The molecule has 0 radical (unpaired) electrons. The zero-order valence-electron chi connectivity index (χ0n) is 16.4. The standard InChI is InChI=1S/C23H28N4O/c1-26-11-12-27(15-18-7-3-2-4-8-18)17-21(16-26)25-23(28)14-20-13-19-9-5-6-10-22(19)24-20/h2-10,13,21,24H,11-12,14-17H2,1H3,(H,25,28). The molecule has 5 nitrogen and oxygen atoms in total. The van der Waals surface area contributed by atoms with E-state index in [0.717, 1.165) is 49.3 Å². The normalized spacial score (nSPS) is 18.8. The van der Waals surface area contributed by atoms with Crippen LogP contribution in [0.25, 0.3) is 10.9 Å². The number of nitrogens with one attached hydrogen (secondary N) is 2. The Kier molecular flexibility index (Phi) is 5.74. The van der Waals surface area contributed by atoms with E-state index in [4.69, 9.17) is 0 Å². The molecule has 2 N–H and O–H groups in total. The highest BCUT2D eigenvalue weighted by Crippen LogP contribution is 2.15. The van der Waals surface area contributed by atoms with Gasteiger partial charge in [-0.25, -0.2) is 0 Å². The molecule has 0 aliphatic carbocycles. The zero-order valence-corrected chi connectivity index (χ0v) is 16.4. The Morgan fingerprint density at radius 2 is 1.86 bits per heavy atom. The highest BCUT2D eigenvalue weighted by atomic mass is 16.1. The molecule has 0 spiro atoms. The molecule has 5 heteroatoms. The van der Waals surface area contributed by atoms with E-state index in [1.54, 1.807) is 0 Å². The number of aromatic nitrogens is 1. The van der Waals surface area contributed by atoms with Crippen molar-refractivity contribution < 1.29 is 4.79 Å². The number of benzene rings is 2. The average Bonchev–Trinajstić information content (AvgIpc) is 3.00. The van der Waals surface area contributed by atoms with Crippen molar-refractivity contribution in [2.75, 3.05) is 33.2 Å². The van der Waals surface area contributed by atoms with Crippen molar-refractivity contribution in [2.45, 2.75) is 19.0 Å². The van der Waals surface area contributed by atoms with Crippen molar-refractivity contribution in [3.8, 4) is 0 Å². The van der Waals surface area contributed by atoms with E-state index in [-0.39, 0.29) is 11.9 Å². The molecule has 2 heterocycles.